The Labute approximate surface area is 194 Å². The van der Waals surface area contributed by atoms with Crippen LogP contribution in [0.3, 0.4) is 0 Å². The predicted molar refractivity (Wildman–Crippen MR) is 122 cm³/mol. The van der Waals surface area contributed by atoms with Gasteiger partial charge in [-0.15, -0.1) is 0 Å². The molecule has 1 heterocycles. The minimum absolute atomic E-state index is 0.135. The van der Waals surface area contributed by atoms with Crippen molar-refractivity contribution in [2.75, 3.05) is 5.32 Å². The molecule has 0 bridgehead atoms. The summed E-state index contributed by atoms with van der Waals surface area (Å²) in [6.07, 6.45) is 0.803. The number of amides is 1. The molecule has 2 aliphatic rings. The molecule has 0 unspecified atom stereocenters. The molecule has 2 N–H and O–H groups in total. The van der Waals surface area contributed by atoms with E-state index < -0.39 is 28.4 Å². The number of nitro groups is 1. The smallest absolute Gasteiger partial charge is 0.269 e. The maximum Gasteiger partial charge on any atom is 0.269 e. The number of non-ortho nitro benzene ring substituents is 1. The highest BCUT2D eigenvalue weighted by Gasteiger charge is 2.43. The van der Waals surface area contributed by atoms with E-state index in [2.05, 4.69) is 10.6 Å². The van der Waals surface area contributed by atoms with Crippen molar-refractivity contribution in [1.29, 1.82) is 0 Å². The zero-order valence-electron chi connectivity index (χ0n) is 18.9. The van der Waals surface area contributed by atoms with Crippen molar-refractivity contribution in [3.63, 3.8) is 0 Å². The molecule has 2 aromatic carbocycles. The van der Waals surface area contributed by atoms with Crippen molar-refractivity contribution in [3.05, 3.63) is 92.3 Å². The highest BCUT2D eigenvalue weighted by atomic mass is 19.1. The lowest BCUT2D eigenvalue weighted by molar-refractivity contribution is -0.384. The van der Waals surface area contributed by atoms with Crippen LogP contribution in [0.25, 0.3) is 0 Å². The molecule has 1 aliphatic heterocycles. The number of nitrogens with zero attached hydrogens (tertiary/aromatic N) is 1. The Kier molecular flexibility index (Phi) is 5.80. The molecule has 1 amide bonds. The van der Waals surface area contributed by atoms with Gasteiger partial charge in [-0.05, 0) is 36.5 Å². The summed E-state index contributed by atoms with van der Waals surface area (Å²) in [4.78, 5) is 37.5. The lowest BCUT2D eigenvalue weighted by Gasteiger charge is -2.39. The van der Waals surface area contributed by atoms with Gasteiger partial charge >= 0.3 is 0 Å². The van der Waals surface area contributed by atoms with Crippen molar-refractivity contribution in [3.8, 4) is 0 Å². The first-order chi connectivity index (χ1) is 16.0. The van der Waals surface area contributed by atoms with Gasteiger partial charge in [0.05, 0.1) is 10.6 Å². The number of anilines is 1. The number of nitro benzene ring substituents is 1. The number of Topliss-reactive ketones (excluding diaryl/α,β-unsaturated/α-hetero) is 1. The standard InChI is InChI=1S/C25H23F2N3O4/c1-13-21(24(32)29-18-8-7-15(26)10-17(18)27)22(14-5-4-6-16(9-14)30(33)34)23-19(28-13)11-25(2,3)12-20(23)31/h4-10,22,28H,11-12H2,1-3H3,(H,29,32)/t22-/m1/s1. The van der Waals surface area contributed by atoms with Gasteiger partial charge in [-0.25, -0.2) is 8.78 Å². The maximum absolute atomic E-state index is 14.2. The van der Waals surface area contributed by atoms with E-state index in [1.807, 2.05) is 13.8 Å². The highest BCUT2D eigenvalue weighted by Crippen LogP contribution is 2.47. The highest BCUT2D eigenvalue weighted by molar-refractivity contribution is 6.10. The van der Waals surface area contributed by atoms with Crippen LogP contribution in [0, 0.1) is 27.2 Å². The quantitative estimate of drug-likeness (QED) is 0.480. The van der Waals surface area contributed by atoms with Crippen LogP contribution in [0.1, 0.15) is 45.1 Å². The van der Waals surface area contributed by atoms with Gasteiger partial charge in [-0.3, -0.25) is 19.7 Å². The number of hydrogen-bond acceptors (Lipinski definition) is 5. The van der Waals surface area contributed by atoms with Crippen LogP contribution in [-0.4, -0.2) is 16.6 Å². The van der Waals surface area contributed by atoms with E-state index in [4.69, 9.17) is 0 Å². The molecule has 7 nitrogen and oxygen atoms in total. The molecule has 34 heavy (non-hydrogen) atoms. The number of benzene rings is 2. The van der Waals surface area contributed by atoms with E-state index in [0.29, 0.717) is 35.0 Å². The number of dihydropyridines is 1. The molecule has 2 aromatic rings. The van der Waals surface area contributed by atoms with Gasteiger partial charge < -0.3 is 10.6 Å². The van der Waals surface area contributed by atoms with Crippen LogP contribution in [0.2, 0.25) is 0 Å². The van der Waals surface area contributed by atoms with E-state index in [0.717, 1.165) is 12.1 Å². The molecule has 1 atom stereocenters. The van der Waals surface area contributed by atoms with Gasteiger partial charge in [0.15, 0.2) is 5.78 Å². The molecule has 176 valence electrons. The molecular weight excluding hydrogens is 444 g/mol. The fourth-order valence-electron chi connectivity index (χ4n) is 4.67. The van der Waals surface area contributed by atoms with Crippen molar-refractivity contribution in [1.82, 2.24) is 5.32 Å². The number of carbonyl (C=O) groups is 2. The predicted octanol–water partition coefficient (Wildman–Crippen LogP) is 5.12. The van der Waals surface area contributed by atoms with E-state index in [1.165, 1.54) is 18.2 Å². The van der Waals surface area contributed by atoms with E-state index >= 15 is 0 Å². The minimum Gasteiger partial charge on any atom is -0.362 e. The van der Waals surface area contributed by atoms with Crippen LogP contribution in [0.5, 0.6) is 0 Å². The molecule has 0 spiro atoms. The van der Waals surface area contributed by atoms with Crippen molar-refractivity contribution >= 4 is 23.1 Å². The first kappa shape index (κ1) is 23.3. The van der Waals surface area contributed by atoms with Crippen LogP contribution < -0.4 is 10.6 Å². The van der Waals surface area contributed by atoms with Gasteiger partial charge in [0.2, 0.25) is 0 Å². The van der Waals surface area contributed by atoms with E-state index in [9.17, 15) is 28.5 Å². The molecule has 0 saturated carbocycles. The first-order valence-electron chi connectivity index (χ1n) is 10.7. The summed E-state index contributed by atoms with van der Waals surface area (Å²) in [7, 11) is 0. The van der Waals surface area contributed by atoms with Crippen molar-refractivity contribution in [2.24, 2.45) is 5.41 Å². The number of carbonyl (C=O) groups excluding carboxylic acids is 2. The lowest BCUT2D eigenvalue weighted by Crippen LogP contribution is -2.39. The topological polar surface area (TPSA) is 101 Å². The summed E-state index contributed by atoms with van der Waals surface area (Å²) in [5.74, 6) is -3.48. The number of halogens is 2. The molecule has 0 aromatic heterocycles. The summed E-state index contributed by atoms with van der Waals surface area (Å²) >= 11 is 0. The number of rotatable bonds is 4. The number of ketones is 1. The molecule has 0 fully saturated rings. The van der Waals surface area contributed by atoms with E-state index in [-0.39, 0.29) is 34.6 Å². The van der Waals surface area contributed by atoms with E-state index in [1.54, 1.807) is 13.0 Å². The second-order valence-corrected chi connectivity index (χ2v) is 9.36. The fourth-order valence-corrected chi connectivity index (χ4v) is 4.67. The van der Waals surface area contributed by atoms with Gasteiger partial charge in [0.25, 0.3) is 11.6 Å². The second kappa shape index (κ2) is 8.48. The molecule has 0 saturated heterocycles. The summed E-state index contributed by atoms with van der Waals surface area (Å²) in [6, 6.07) is 8.57. The average molecular weight is 467 g/mol. The molecular formula is C25H23F2N3O4. The monoisotopic (exact) mass is 467 g/mol. The van der Waals surface area contributed by atoms with Crippen LogP contribution in [0.15, 0.2) is 65.0 Å². The third-order valence-corrected chi connectivity index (χ3v) is 6.08. The average Bonchev–Trinajstić information content (AvgIpc) is 2.73. The summed E-state index contributed by atoms with van der Waals surface area (Å²) in [5.41, 5.74) is 1.32. The Morgan fingerprint density at radius 2 is 1.91 bits per heavy atom. The Hall–Kier alpha value is -3.88. The van der Waals surface area contributed by atoms with Crippen molar-refractivity contribution < 1.29 is 23.3 Å². The molecule has 4 rings (SSSR count). The van der Waals surface area contributed by atoms with Gasteiger partial charge in [0, 0.05) is 53.1 Å². The maximum atomic E-state index is 14.2. The van der Waals surface area contributed by atoms with Crippen molar-refractivity contribution in [2.45, 2.75) is 39.5 Å². The Morgan fingerprint density at radius 1 is 1.18 bits per heavy atom. The van der Waals surface area contributed by atoms with Gasteiger partial charge in [0.1, 0.15) is 11.6 Å². The number of hydrogen-bond donors (Lipinski definition) is 2. The third-order valence-electron chi connectivity index (χ3n) is 6.08. The lowest BCUT2D eigenvalue weighted by atomic mass is 9.68. The van der Waals surface area contributed by atoms with Gasteiger partial charge in [-0.2, -0.15) is 0 Å². The normalized spacial score (nSPS) is 19.4. The second-order valence-electron chi connectivity index (χ2n) is 9.36. The Balaban J connectivity index is 1.84. The molecule has 0 radical (unpaired) electrons. The fraction of sp³-hybridized carbons (Fsp3) is 0.280. The summed E-state index contributed by atoms with van der Waals surface area (Å²) in [6.45, 7) is 5.60. The molecule has 9 heteroatoms. The zero-order chi connectivity index (χ0) is 24.8. The Bertz CT molecular complexity index is 1300. The number of allylic oxidation sites excluding steroid dienone is 3. The summed E-state index contributed by atoms with van der Waals surface area (Å²) in [5, 5.41) is 17.0. The van der Waals surface area contributed by atoms with Gasteiger partial charge in [-0.1, -0.05) is 26.0 Å². The minimum atomic E-state index is -0.947. The first-order valence-corrected chi connectivity index (χ1v) is 10.7. The third kappa shape index (κ3) is 4.33. The van der Waals surface area contributed by atoms with Crippen LogP contribution >= 0.6 is 0 Å². The SMILES string of the molecule is CC1=C(C(=O)Nc2ccc(F)cc2F)[C@@H](c2cccc([N+](=O)[O-])c2)C2=C(CC(C)(C)CC2=O)N1. The zero-order valence-corrected chi connectivity index (χ0v) is 18.9. The Morgan fingerprint density at radius 3 is 2.59 bits per heavy atom. The largest absolute Gasteiger partial charge is 0.362 e. The van der Waals surface area contributed by atoms with Crippen LogP contribution in [-0.2, 0) is 9.59 Å². The summed E-state index contributed by atoms with van der Waals surface area (Å²) < 4.78 is 27.5. The van der Waals surface area contributed by atoms with Crippen LogP contribution in [0.4, 0.5) is 20.2 Å². The molecule has 1 aliphatic carbocycles. The number of nitrogens with one attached hydrogen (secondary N) is 2.